The molecule has 1 atom stereocenters. The number of hydrogen-bond donors (Lipinski definition) is 3. The third-order valence-electron chi connectivity index (χ3n) is 1.51. The molecule has 0 rings (SSSR count). The molecule has 0 aliphatic rings. The van der Waals surface area contributed by atoms with Crippen molar-refractivity contribution in [2.24, 2.45) is 0 Å². The summed E-state index contributed by atoms with van der Waals surface area (Å²) in [6.45, 7) is 3.22. The van der Waals surface area contributed by atoms with Crippen LogP contribution in [0.15, 0.2) is 23.3 Å². The monoisotopic (exact) mass is 200 g/mol. The van der Waals surface area contributed by atoms with Gasteiger partial charge in [-0.2, -0.15) is 0 Å². The molecule has 0 spiro atoms. The van der Waals surface area contributed by atoms with Crippen LogP contribution in [0.1, 0.15) is 20.3 Å². The van der Waals surface area contributed by atoms with E-state index >= 15 is 0 Å². The Bertz CT molecular complexity index is 249. The summed E-state index contributed by atoms with van der Waals surface area (Å²) in [6, 6.07) is 0. The summed E-state index contributed by atoms with van der Waals surface area (Å²) in [7, 11) is 0. The predicted octanol–water partition coefficient (Wildman–Crippen LogP) is 0.707. The molecule has 14 heavy (non-hydrogen) atoms. The smallest absolute Gasteiger partial charge is 0.335 e. The van der Waals surface area contributed by atoms with E-state index in [4.69, 9.17) is 15.3 Å². The van der Waals surface area contributed by atoms with Crippen LogP contribution in [0.25, 0.3) is 0 Å². The summed E-state index contributed by atoms with van der Waals surface area (Å²) in [6.07, 6.45) is 2.17. The van der Waals surface area contributed by atoms with Crippen molar-refractivity contribution < 1.29 is 20.1 Å². The van der Waals surface area contributed by atoms with Crippen LogP contribution < -0.4 is 0 Å². The highest BCUT2D eigenvalue weighted by Crippen LogP contribution is 2.05. The minimum Gasteiger partial charge on any atom is -0.478 e. The number of carboxylic acid groups (broad SMARTS) is 1. The van der Waals surface area contributed by atoms with Crippen LogP contribution >= 0.6 is 0 Å². The third-order valence-corrected chi connectivity index (χ3v) is 1.51. The second-order valence-corrected chi connectivity index (χ2v) is 3.26. The van der Waals surface area contributed by atoms with Crippen molar-refractivity contribution in [1.82, 2.24) is 0 Å². The van der Waals surface area contributed by atoms with E-state index < -0.39 is 12.1 Å². The molecule has 0 aromatic rings. The molecule has 0 radical (unpaired) electrons. The Balaban J connectivity index is 4.50. The normalized spacial score (nSPS) is 13.6. The molecule has 0 saturated carbocycles. The van der Waals surface area contributed by atoms with Crippen molar-refractivity contribution in [3.63, 3.8) is 0 Å². The summed E-state index contributed by atoms with van der Waals surface area (Å²) in [5, 5.41) is 26.3. The molecule has 4 nitrogen and oxygen atoms in total. The molecule has 0 saturated heterocycles. The van der Waals surface area contributed by atoms with Crippen molar-refractivity contribution >= 4 is 5.97 Å². The fourth-order valence-corrected chi connectivity index (χ4v) is 0.857. The molecular formula is C10H16O4. The van der Waals surface area contributed by atoms with Gasteiger partial charge in [0.05, 0.1) is 18.3 Å². The van der Waals surface area contributed by atoms with Crippen LogP contribution in [0.4, 0.5) is 0 Å². The molecule has 0 aliphatic heterocycles. The van der Waals surface area contributed by atoms with Crippen LogP contribution in [0.5, 0.6) is 0 Å². The standard InChI is InChI=1S/C10H16O4/c1-7(2)5-8(10(13)14)3-4-9(12)6-11/h3,5,9,11-12H,4,6H2,1-2H3,(H,13,14). The van der Waals surface area contributed by atoms with Gasteiger partial charge in [0, 0.05) is 0 Å². The first kappa shape index (κ1) is 12.9. The number of allylic oxidation sites excluding steroid dienone is 1. The lowest BCUT2D eigenvalue weighted by Gasteiger charge is -2.03. The molecule has 4 heteroatoms. The molecule has 0 aromatic carbocycles. The van der Waals surface area contributed by atoms with E-state index in [-0.39, 0.29) is 18.6 Å². The highest BCUT2D eigenvalue weighted by molar-refractivity contribution is 5.89. The van der Waals surface area contributed by atoms with Gasteiger partial charge >= 0.3 is 5.97 Å². The van der Waals surface area contributed by atoms with Gasteiger partial charge in [-0.3, -0.25) is 0 Å². The van der Waals surface area contributed by atoms with E-state index in [2.05, 4.69) is 0 Å². The quantitative estimate of drug-likeness (QED) is 0.451. The lowest BCUT2D eigenvalue weighted by Crippen LogP contribution is -2.11. The van der Waals surface area contributed by atoms with E-state index in [1.807, 2.05) is 0 Å². The lowest BCUT2D eigenvalue weighted by atomic mass is 10.1. The van der Waals surface area contributed by atoms with Crippen molar-refractivity contribution in [1.29, 1.82) is 0 Å². The van der Waals surface area contributed by atoms with Gasteiger partial charge in [0.15, 0.2) is 0 Å². The Labute approximate surface area is 83.2 Å². The maximum atomic E-state index is 10.7. The van der Waals surface area contributed by atoms with E-state index in [0.717, 1.165) is 5.57 Å². The number of rotatable bonds is 5. The van der Waals surface area contributed by atoms with E-state index in [1.54, 1.807) is 13.8 Å². The first-order valence-electron chi connectivity index (χ1n) is 4.34. The topological polar surface area (TPSA) is 77.8 Å². The molecule has 0 amide bonds. The number of aliphatic hydroxyl groups is 2. The second kappa shape index (κ2) is 6.34. The third kappa shape index (κ3) is 5.50. The van der Waals surface area contributed by atoms with Crippen molar-refractivity contribution in [2.45, 2.75) is 26.4 Å². The van der Waals surface area contributed by atoms with Gasteiger partial charge in [-0.25, -0.2) is 4.79 Å². The summed E-state index contributed by atoms with van der Waals surface area (Å²) in [5.74, 6) is -1.03. The number of aliphatic carboxylic acids is 1. The van der Waals surface area contributed by atoms with Crippen LogP contribution in [0.2, 0.25) is 0 Å². The molecule has 0 fully saturated rings. The second-order valence-electron chi connectivity index (χ2n) is 3.26. The van der Waals surface area contributed by atoms with Gasteiger partial charge in [-0.1, -0.05) is 11.6 Å². The maximum Gasteiger partial charge on any atom is 0.335 e. The average molecular weight is 200 g/mol. The summed E-state index contributed by atoms with van der Waals surface area (Å²) >= 11 is 0. The summed E-state index contributed by atoms with van der Waals surface area (Å²) in [4.78, 5) is 10.7. The van der Waals surface area contributed by atoms with E-state index in [0.29, 0.717) is 0 Å². The predicted molar refractivity (Wildman–Crippen MR) is 52.9 cm³/mol. The Morgan fingerprint density at radius 1 is 1.43 bits per heavy atom. The molecular weight excluding hydrogens is 184 g/mol. The van der Waals surface area contributed by atoms with E-state index in [9.17, 15) is 4.79 Å². The Hall–Kier alpha value is -1.13. The largest absolute Gasteiger partial charge is 0.478 e. The molecule has 0 aliphatic carbocycles. The fourth-order valence-electron chi connectivity index (χ4n) is 0.857. The van der Waals surface area contributed by atoms with Crippen molar-refractivity contribution in [3.05, 3.63) is 23.3 Å². The highest BCUT2D eigenvalue weighted by atomic mass is 16.4. The summed E-state index contributed by atoms with van der Waals surface area (Å²) < 4.78 is 0. The SMILES string of the molecule is CC(C)=CC(=CCC(O)CO)C(=O)O. The number of carboxylic acids is 1. The van der Waals surface area contributed by atoms with Gasteiger partial charge in [0.2, 0.25) is 0 Å². The molecule has 3 N–H and O–H groups in total. The Morgan fingerprint density at radius 3 is 2.36 bits per heavy atom. The first-order chi connectivity index (χ1) is 6.47. The van der Waals surface area contributed by atoms with Crippen LogP contribution in [-0.4, -0.2) is 34.0 Å². The molecule has 0 bridgehead atoms. The van der Waals surface area contributed by atoms with Crippen LogP contribution in [0, 0.1) is 0 Å². The zero-order chi connectivity index (χ0) is 11.1. The average Bonchev–Trinajstić information content (AvgIpc) is 2.10. The minimum atomic E-state index is -1.03. The van der Waals surface area contributed by atoms with Gasteiger partial charge in [0.25, 0.3) is 0 Å². The molecule has 1 unspecified atom stereocenters. The zero-order valence-electron chi connectivity index (χ0n) is 8.40. The van der Waals surface area contributed by atoms with Crippen molar-refractivity contribution in [2.75, 3.05) is 6.61 Å². The van der Waals surface area contributed by atoms with Gasteiger partial charge in [-0.05, 0) is 26.3 Å². The van der Waals surface area contributed by atoms with Gasteiger partial charge in [-0.15, -0.1) is 0 Å². The Kier molecular flexibility index (Phi) is 5.83. The number of carbonyl (C=O) groups is 1. The number of aliphatic hydroxyl groups excluding tert-OH is 2. The first-order valence-corrected chi connectivity index (χ1v) is 4.34. The molecule has 0 aromatic heterocycles. The molecule has 80 valence electrons. The maximum absolute atomic E-state index is 10.7. The fraction of sp³-hybridized carbons (Fsp3) is 0.500. The Morgan fingerprint density at radius 2 is 2.00 bits per heavy atom. The zero-order valence-corrected chi connectivity index (χ0v) is 8.40. The van der Waals surface area contributed by atoms with Crippen LogP contribution in [0.3, 0.4) is 0 Å². The van der Waals surface area contributed by atoms with Crippen molar-refractivity contribution in [3.8, 4) is 0 Å². The summed E-state index contributed by atoms with van der Waals surface area (Å²) in [5.41, 5.74) is 1.01. The lowest BCUT2D eigenvalue weighted by molar-refractivity contribution is -0.132. The molecule has 0 heterocycles. The number of hydrogen-bond acceptors (Lipinski definition) is 3. The highest BCUT2D eigenvalue weighted by Gasteiger charge is 2.05. The van der Waals surface area contributed by atoms with Gasteiger partial charge < -0.3 is 15.3 Å². The van der Waals surface area contributed by atoms with Gasteiger partial charge in [0.1, 0.15) is 0 Å². The minimum absolute atomic E-state index is 0.137. The van der Waals surface area contributed by atoms with Crippen LogP contribution in [-0.2, 0) is 4.79 Å². The van der Waals surface area contributed by atoms with E-state index in [1.165, 1.54) is 12.2 Å².